The first-order chi connectivity index (χ1) is 28.0. The van der Waals surface area contributed by atoms with E-state index in [1.807, 2.05) is 0 Å². The zero-order valence-corrected chi connectivity index (χ0v) is 31.9. The van der Waals surface area contributed by atoms with Crippen LogP contribution < -0.4 is 5.32 Å². The summed E-state index contributed by atoms with van der Waals surface area (Å²) in [7, 11) is 0. The zero-order chi connectivity index (χ0) is 37.9. The first-order valence-electron chi connectivity index (χ1n) is 20.0. The van der Waals surface area contributed by atoms with Crippen LogP contribution in [0.1, 0.15) is 58.8 Å². The molecule has 1 aromatic heterocycles. The Hall–Kier alpha value is -6.97. The summed E-state index contributed by atoms with van der Waals surface area (Å²) in [6.45, 7) is 4.66. The van der Waals surface area contributed by atoms with Crippen molar-refractivity contribution in [1.29, 1.82) is 0 Å². The lowest BCUT2D eigenvalue weighted by Gasteiger charge is -2.35. The molecule has 1 N–H and O–H groups in total. The molecule has 1 aliphatic heterocycles. The lowest BCUT2D eigenvalue weighted by Crippen LogP contribution is -2.39. The van der Waals surface area contributed by atoms with Crippen LogP contribution in [0, 0.1) is 0 Å². The van der Waals surface area contributed by atoms with E-state index in [9.17, 15) is 0 Å². The molecule has 0 radical (unpaired) electrons. The van der Waals surface area contributed by atoms with Crippen LogP contribution in [-0.4, -0.2) is 10.4 Å². The third kappa shape index (κ3) is 4.34. The molecule has 8 aromatic carbocycles. The molecule has 0 fully saturated rings. The van der Waals surface area contributed by atoms with E-state index < -0.39 is 5.41 Å². The Labute approximate surface area is 332 Å². The van der Waals surface area contributed by atoms with Gasteiger partial charge >= 0.3 is 0 Å². The Bertz CT molecular complexity index is 3140. The van der Waals surface area contributed by atoms with Crippen LogP contribution in [0.15, 0.2) is 199 Å². The van der Waals surface area contributed by atoms with Crippen molar-refractivity contribution in [2.45, 2.75) is 30.7 Å². The normalized spacial score (nSPS) is 17.2. The SMILES string of the molecule is CC1(C)C2=C(N=C(n3c4ccccc4c4cc5ccccc5cc43)C(c3ccc4c(c3)-c3ccccc3C4(c3ccccc3)c3ccccc3)N2)c2ccccc21. The molecule has 2 heterocycles. The Morgan fingerprint density at radius 3 is 1.84 bits per heavy atom. The maximum atomic E-state index is 5.82. The monoisotopic (exact) mass is 729 g/mol. The smallest absolute Gasteiger partial charge is 0.141 e. The van der Waals surface area contributed by atoms with E-state index in [1.165, 1.54) is 77.3 Å². The maximum absolute atomic E-state index is 5.82. The molecule has 0 saturated carbocycles. The number of fused-ring (bicyclic) bond motifs is 9. The molecule has 0 bridgehead atoms. The second kappa shape index (κ2) is 11.8. The third-order valence-corrected chi connectivity index (χ3v) is 13.1. The van der Waals surface area contributed by atoms with Crippen LogP contribution in [-0.2, 0) is 10.8 Å². The van der Waals surface area contributed by atoms with Gasteiger partial charge in [-0.25, -0.2) is 4.99 Å². The Kier molecular flexibility index (Phi) is 6.67. The van der Waals surface area contributed by atoms with Crippen LogP contribution in [0.4, 0.5) is 0 Å². The average molecular weight is 730 g/mol. The van der Waals surface area contributed by atoms with E-state index in [0.717, 1.165) is 22.6 Å². The predicted molar refractivity (Wildman–Crippen MR) is 236 cm³/mol. The highest BCUT2D eigenvalue weighted by Gasteiger charge is 2.47. The summed E-state index contributed by atoms with van der Waals surface area (Å²) in [4.78, 5) is 5.82. The largest absolute Gasteiger partial charge is 0.372 e. The van der Waals surface area contributed by atoms with Crippen molar-refractivity contribution in [1.82, 2.24) is 9.88 Å². The number of rotatable bonds is 3. The molecular formula is C54H39N3. The van der Waals surface area contributed by atoms with Gasteiger partial charge in [0, 0.05) is 27.4 Å². The van der Waals surface area contributed by atoms with Crippen LogP contribution in [0.3, 0.4) is 0 Å². The highest BCUT2D eigenvalue weighted by atomic mass is 15.2. The summed E-state index contributed by atoms with van der Waals surface area (Å²) in [5, 5.41) is 9.12. The predicted octanol–water partition coefficient (Wildman–Crippen LogP) is 12.6. The van der Waals surface area contributed by atoms with Gasteiger partial charge in [0.25, 0.3) is 0 Å². The van der Waals surface area contributed by atoms with E-state index in [4.69, 9.17) is 4.99 Å². The summed E-state index contributed by atoms with van der Waals surface area (Å²) in [5.41, 5.74) is 15.2. The number of nitrogens with zero attached hydrogens (tertiary/aromatic N) is 2. The van der Waals surface area contributed by atoms with E-state index in [1.54, 1.807) is 0 Å². The second-order valence-corrected chi connectivity index (χ2v) is 16.3. The number of aliphatic imine (C=N–C) groups is 1. The third-order valence-electron chi connectivity index (χ3n) is 13.1. The van der Waals surface area contributed by atoms with Crippen molar-refractivity contribution in [3.8, 4) is 11.1 Å². The highest BCUT2D eigenvalue weighted by Crippen LogP contribution is 2.57. The Morgan fingerprint density at radius 2 is 1.09 bits per heavy atom. The van der Waals surface area contributed by atoms with Gasteiger partial charge in [-0.05, 0) is 79.5 Å². The topological polar surface area (TPSA) is 29.3 Å². The van der Waals surface area contributed by atoms with Gasteiger partial charge < -0.3 is 5.32 Å². The van der Waals surface area contributed by atoms with Gasteiger partial charge in [0.2, 0.25) is 0 Å². The lowest BCUT2D eigenvalue weighted by molar-refractivity contribution is 0.551. The molecule has 1 atom stereocenters. The van der Waals surface area contributed by atoms with Gasteiger partial charge in [0.15, 0.2) is 0 Å². The fourth-order valence-electron chi connectivity index (χ4n) is 10.5. The Morgan fingerprint density at radius 1 is 0.491 bits per heavy atom. The molecule has 3 nitrogen and oxygen atoms in total. The summed E-state index contributed by atoms with van der Waals surface area (Å²) in [6, 6.07) is 69.1. The fraction of sp³-hybridized carbons (Fsp3) is 0.0926. The Balaban J connectivity index is 1.14. The van der Waals surface area contributed by atoms with Crippen LogP contribution in [0.25, 0.3) is 49.4 Å². The van der Waals surface area contributed by atoms with Gasteiger partial charge in [0.05, 0.1) is 22.1 Å². The van der Waals surface area contributed by atoms with Crippen molar-refractivity contribution in [2.75, 3.05) is 0 Å². The quantitative estimate of drug-likeness (QED) is 0.193. The van der Waals surface area contributed by atoms with Crippen molar-refractivity contribution in [2.24, 2.45) is 4.99 Å². The van der Waals surface area contributed by atoms with Gasteiger partial charge in [0.1, 0.15) is 11.9 Å². The molecule has 12 rings (SSSR count). The summed E-state index contributed by atoms with van der Waals surface area (Å²) in [5.74, 6) is 0.978. The number of hydrogen-bond acceptors (Lipinski definition) is 2. The molecule has 0 spiro atoms. The minimum absolute atomic E-state index is 0.233. The molecule has 3 aliphatic rings. The lowest BCUT2D eigenvalue weighted by atomic mass is 9.67. The first-order valence-corrected chi connectivity index (χ1v) is 20.0. The molecule has 0 amide bonds. The van der Waals surface area contributed by atoms with Gasteiger partial charge in [-0.3, -0.25) is 4.57 Å². The van der Waals surface area contributed by atoms with Crippen molar-refractivity contribution < 1.29 is 0 Å². The van der Waals surface area contributed by atoms with Crippen LogP contribution >= 0.6 is 0 Å². The maximum Gasteiger partial charge on any atom is 0.141 e. The first kappa shape index (κ1) is 32.3. The van der Waals surface area contributed by atoms with E-state index >= 15 is 0 Å². The number of allylic oxidation sites excluding steroid dienone is 1. The fourth-order valence-corrected chi connectivity index (χ4v) is 10.5. The van der Waals surface area contributed by atoms with Crippen molar-refractivity contribution in [3.05, 3.63) is 233 Å². The molecule has 0 saturated heterocycles. The minimum Gasteiger partial charge on any atom is -0.372 e. The van der Waals surface area contributed by atoms with Crippen molar-refractivity contribution in [3.63, 3.8) is 0 Å². The standard InChI is InChI=1S/C54H39N3/c1-53(2)44-26-14-12-25-41(44)50-51(53)55-49(52(56-50)57-47-28-16-13-24-40(47)43-31-34-17-9-10-18-35(34)33-48(43)57)36-29-30-46-42(32-36)39-23-11-15-27-45(39)54(46,37-19-5-3-6-20-37)38-21-7-4-8-22-38/h3-33,49,55H,1-2H3. The van der Waals surface area contributed by atoms with Crippen LogP contribution in [0.2, 0.25) is 0 Å². The highest BCUT2D eigenvalue weighted by molar-refractivity contribution is 6.19. The number of para-hydroxylation sites is 1. The number of benzene rings is 8. The number of hydrogen-bond donors (Lipinski definition) is 1. The van der Waals surface area contributed by atoms with E-state index in [0.29, 0.717) is 0 Å². The van der Waals surface area contributed by atoms with E-state index in [-0.39, 0.29) is 11.5 Å². The average Bonchev–Trinajstić information content (AvgIpc) is 3.83. The van der Waals surface area contributed by atoms with Gasteiger partial charge in [-0.2, -0.15) is 0 Å². The van der Waals surface area contributed by atoms with Crippen molar-refractivity contribution >= 4 is 44.1 Å². The molecule has 9 aromatic rings. The van der Waals surface area contributed by atoms with Gasteiger partial charge in [-0.1, -0.05) is 178 Å². The molecule has 270 valence electrons. The number of aromatic nitrogens is 1. The summed E-state index contributed by atoms with van der Waals surface area (Å²) in [6.07, 6.45) is 0. The number of nitrogens with one attached hydrogen (secondary N) is 1. The molecular weight excluding hydrogens is 691 g/mol. The molecule has 2 aliphatic carbocycles. The van der Waals surface area contributed by atoms with Gasteiger partial charge in [-0.15, -0.1) is 0 Å². The molecule has 3 heteroatoms. The van der Waals surface area contributed by atoms with E-state index in [2.05, 4.69) is 212 Å². The molecule has 57 heavy (non-hydrogen) atoms. The van der Waals surface area contributed by atoms with Crippen LogP contribution in [0.5, 0.6) is 0 Å². The molecule has 1 unspecified atom stereocenters. The summed E-state index contributed by atoms with van der Waals surface area (Å²) >= 11 is 0. The summed E-state index contributed by atoms with van der Waals surface area (Å²) < 4.78 is 2.44. The minimum atomic E-state index is -0.456. The zero-order valence-electron chi connectivity index (χ0n) is 31.9. The second-order valence-electron chi connectivity index (χ2n) is 16.3.